The van der Waals surface area contributed by atoms with E-state index in [9.17, 15) is 4.79 Å². The Balaban J connectivity index is 2.18. The average Bonchev–Trinajstić information content (AvgIpc) is 2.89. The lowest BCUT2D eigenvalue weighted by Gasteiger charge is -2.09. The zero-order valence-electron chi connectivity index (χ0n) is 10.9. The van der Waals surface area contributed by atoms with E-state index in [2.05, 4.69) is 15.3 Å². The van der Waals surface area contributed by atoms with Crippen LogP contribution in [0.15, 0.2) is 23.7 Å². The smallest absolute Gasteiger partial charge is 0.256 e. The van der Waals surface area contributed by atoms with Gasteiger partial charge < -0.3 is 11.1 Å². The summed E-state index contributed by atoms with van der Waals surface area (Å²) in [6, 6.07) is 3.83. The van der Waals surface area contributed by atoms with Crippen LogP contribution in [-0.2, 0) is 0 Å². The molecule has 0 aliphatic carbocycles. The van der Waals surface area contributed by atoms with Crippen LogP contribution in [-0.4, -0.2) is 22.4 Å². The number of carbonyl (C=O) groups excluding carboxylic acids is 1. The van der Waals surface area contributed by atoms with E-state index in [-0.39, 0.29) is 11.7 Å². The van der Waals surface area contributed by atoms with E-state index in [4.69, 9.17) is 5.73 Å². The van der Waals surface area contributed by atoms with Crippen molar-refractivity contribution in [3.8, 4) is 10.7 Å². The third-order valence-corrected chi connectivity index (χ3v) is 3.34. The minimum Gasteiger partial charge on any atom is -0.383 e. The van der Waals surface area contributed by atoms with Gasteiger partial charge in [0.05, 0.1) is 10.4 Å². The number of anilines is 1. The molecule has 0 atom stereocenters. The van der Waals surface area contributed by atoms with Gasteiger partial charge in [-0.2, -0.15) is 0 Å². The Morgan fingerprint density at radius 1 is 1.53 bits per heavy atom. The van der Waals surface area contributed by atoms with Crippen LogP contribution in [0, 0.1) is 5.92 Å². The van der Waals surface area contributed by atoms with Gasteiger partial charge in [0.25, 0.3) is 5.91 Å². The second kappa shape index (κ2) is 5.79. The maximum atomic E-state index is 11.9. The Morgan fingerprint density at radius 3 is 2.89 bits per heavy atom. The summed E-state index contributed by atoms with van der Waals surface area (Å²) in [6.07, 6.45) is 1.48. The summed E-state index contributed by atoms with van der Waals surface area (Å²) in [6.45, 7) is 4.66. The number of carbonyl (C=O) groups is 1. The van der Waals surface area contributed by atoms with Crippen LogP contribution in [0.4, 0.5) is 5.82 Å². The van der Waals surface area contributed by atoms with Crippen molar-refractivity contribution in [1.82, 2.24) is 15.3 Å². The predicted octanol–water partition coefficient (Wildman–Crippen LogP) is 2.17. The number of nitrogens with two attached hydrogens (primary N) is 1. The van der Waals surface area contributed by atoms with Gasteiger partial charge >= 0.3 is 0 Å². The van der Waals surface area contributed by atoms with Gasteiger partial charge in [0, 0.05) is 12.7 Å². The summed E-state index contributed by atoms with van der Waals surface area (Å²) >= 11 is 1.53. The van der Waals surface area contributed by atoms with Crippen LogP contribution < -0.4 is 11.1 Å². The Kier molecular flexibility index (Phi) is 4.11. The highest BCUT2D eigenvalue weighted by Gasteiger charge is 2.13. The normalized spacial score (nSPS) is 10.7. The van der Waals surface area contributed by atoms with Crippen molar-refractivity contribution in [2.45, 2.75) is 13.8 Å². The van der Waals surface area contributed by atoms with E-state index < -0.39 is 0 Å². The topological polar surface area (TPSA) is 80.9 Å². The Morgan fingerprint density at radius 2 is 2.32 bits per heavy atom. The summed E-state index contributed by atoms with van der Waals surface area (Å²) in [5.41, 5.74) is 6.15. The molecule has 0 fully saturated rings. The number of hydrogen-bond donors (Lipinski definition) is 2. The second-order valence-electron chi connectivity index (χ2n) is 4.57. The number of hydrogen-bond acceptors (Lipinski definition) is 5. The molecule has 0 aromatic carbocycles. The quantitative estimate of drug-likeness (QED) is 0.896. The van der Waals surface area contributed by atoms with Crippen LogP contribution in [0.25, 0.3) is 10.7 Å². The molecular formula is C13H16N4OS. The molecule has 100 valence electrons. The van der Waals surface area contributed by atoms with Gasteiger partial charge in [-0.05, 0) is 17.4 Å². The number of nitrogens with zero attached hydrogens (tertiary/aromatic N) is 2. The van der Waals surface area contributed by atoms with E-state index >= 15 is 0 Å². The molecule has 0 unspecified atom stereocenters. The van der Waals surface area contributed by atoms with Gasteiger partial charge in [-0.1, -0.05) is 19.9 Å². The summed E-state index contributed by atoms with van der Waals surface area (Å²) in [7, 11) is 0. The molecule has 3 N–H and O–H groups in total. The number of aromatic nitrogens is 2. The minimum absolute atomic E-state index is 0.208. The molecule has 2 rings (SSSR count). The van der Waals surface area contributed by atoms with Crippen molar-refractivity contribution in [2.24, 2.45) is 5.92 Å². The Bertz CT molecular complexity index is 566. The molecule has 0 saturated heterocycles. The van der Waals surface area contributed by atoms with Crippen molar-refractivity contribution < 1.29 is 4.79 Å². The van der Waals surface area contributed by atoms with Gasteiger partial charge in [0.1, 0.15) is 5.82 Å². The molecule has 5 nitrogen and oxygen atoms in total. The average molecular weight is 276 g/mol. The lowest BCUT2D eigenvalue weighted by Crippen LogP contribution is -2.28. The first kappa shape index (κ1) is 13.5. The minimum atomic E-state index is -0.232. The molecular weight excluding hydrogens is 260 g/mol. The van der Waals surface area contributed by atoms with Crippen LogP contribution in [0.1, 0.15) is 24.2 Å². The van der Waals surface area contributed by atoms with Crippen LogP contribution in [0.5, 0.6) is 0 Å². The summed E-state index contributed by atoms with van der Waals surface area (Å²) in [5, 5.41) is 4.74. The highest BCUT2D eigenvalue weighted by atomic mass is 32.1. The standard InChI is InChI=1S/C13H16N4OS/c1-8(2)6-16-13(18)9-7-15-12(17-11(9)14)10-4-3-5-19-10/h3-5,7-8H,6H2,1-2H3,(H,16,18)(H2,14,15,17). The summed E-state index contributed by atoms with van der Waals surface area (Å²) in [5.74, 6) is 0.910. The third-order valence-electron chi connectivity index (χ3n) is 2.48. The molecule has 1 amide bonds. The molecule has 0 saturated carbocycles. The Hall–Kier alpha value is -1.95. The molecule has 0 radical (unpaired) electrons. The third kappa shape index (κ3) is 3.29. The molecule has 0 aliphatic heterocycles. The number of rotatable bonds is 4. The molecule has 0 aliphatic rings. The zero-order chi connectivity index (χ0) is 13.8. The maximum absolute atomic E-state index is 11.9. The fourth-order valence-electron chi connectivity index (χ4n) is 1.49. The van der Waals surface area contributed by atoms with E-state index in [1.54, 1.807) is 0 Å². The van der Waals surface area contributed by atoms with E-state index in [0.717, 1.165) is 4.88 Å². The van der Waals surface area contributed by atoms with E-state index in [0.29, 0.717) is 23.9 Å². The van der Waals surface area contributed by atoms with Gasteiger partial charge in [0.15, 0.2) is 5.82 Å². The number of thiophene rings is 1. The summed E-state index contributed by atoms with van der Waals surface area (Å²) in [4.78, 5) is 21.2. The van der Waals surface area contributed by atoms with Crippen LogP contribution >= 0.6 is 11.3 Å². The molecule has 2 aromatic rings. The van der Waals surface area contributed by atoms with Crippen molar-refractivity contribution in [3.05, 3.63) is 29.3 Å². The number of nitrogens with one attached hydrogen (secondary N) is 1. The van der Waals surface area contributed by atoms with Crippen LogP contribution in [0.2, 0.25) is 0 Å². The highest BCUT2D eigenvalue weighted by Crippen LogP contribution is 2.22. The fraction of sp³-hybridized carbons (Fsp3) is 0.308. The van der Waals surface area contributed by atoms with Gasteiger partial charge in [0.2, 0.25) is 0 Å². The second-order valence-corrected chi connectivity index (χ2v) is 5.52. The van der Waals surface area contributed by atoms with E-state index in [1.807, 2.05) is 31.4 Å². The van der Waals surface area contributed by atoms with Gasteiger partial charge in [-0.3, -0.25) is 4.79 Å². The summed E-state index contributed by atoms with van der Waals surface area (Å²) < 4.78 is 0. The molecule has 2 heterocycles. The highest BCUT2D eigenvalue weighted by molar-refractivity contribution is 7.13. The molecule has 0 spiro atoms. The lowest BCUT2D eigenvalue weighted by atomic mass is 10.2. The first-order valence-electron chi connectivity index (χ1n) is 6.02. The van der Waals surface area contributed by atoms with Crippen molar-refractivity contribution in [3.63, 3.8) is 0 Å². The van der Waals surface area contributed by atoms with Crippen LogP contribution in [0.3, 0.4) is 0 Å². The predicted molar refractivity (Wildman–Crippen MR) is 76.9 cm³/mol. The largest absolute Gasteiger partial charge is 0.383 e. The van der Waals surface area contributed by atoms with Gasteiger partial charge in [-0.15, -0.1) is 11.3 Å². The monoisotopic (exact) mass is 276 g/mol. The van der Waals surface area contributed by atoms with Crippen molar-refractivity contribution >= 4 is 23.1 Å². The number of amides is 1. The van der Waals surface area contributed by atoms with Gasteiger partial charge in [-0.25, -0.2) is 9.97 Å². The first-order valence-corrected chi connectivity index (χ1v) is 6.90. The first-order chi connectivity index (χ1) is 9.08. The maximum Gasteiger partial charge on any atom is 0.256 e. The SMILES string of the molecule is CC(C)CNC(=O)c1cnc(-c2cccs2)nc1N. The zero-order valence-corrected chi connectivity index (χ0v) is 11.7. The molecule has 6 heteroatoms. The van der Waals surface area contributed by atoms with Crippen molar-refractivity contribution in [2.75, 3.05) is 12.3 Å². The fourth-order valence-corrected chi connectivity index (χ4v) is 2.15. The molecule has 19 heavy (non-hydrogen) atoms. The lowest BCUT2D eigenvalue weighted by molar-refractivity contribution is 0.0949. The molecule has 2 aromatic heterocycles. The van der Waals surface area contributed by atoms with Crippen molar-refractivity contribution in [1.29, 1.82) is 0 Å². The number of nitrogen functional groups attached to an aromatic ring is 1. The van der Waals surface area contributed by atoms with E-state index in [1.165, 1.54) is 17.5 Å². The Labute approximate surface area is 115 Å². The molecule has 0 bridgehead atoms.